The van der Waals surface area contributed by atoms with Gasteiger partial charge in [-0.25, -0.2) is 4.57 Å². The summed E-state index contributed by atoms with van der Waals surface area (Å²) in [7, 11) is -4.30. The van der Waals surface area contributed by atoms with E-state index < -0.39 is 12.8 Å². The van der Waals surface area contributed by atoms with Gasteiger partial charge in [0.2, 0.25) is 0 Å². The van der Waals surface area contributed by atoms with Crippen molar-refractivity contribution in [2.24, 2.45) is 0 Å². The summed E-state index contributed by atoms with van der Waals surface area (Å²) >= 11 is 2.96. The fourth-order valence-corrected chi connectivity index (χ4v) is 1.94. The van der Waals surface area contributed by atoms with E-state index >= 15 is 0 Å². The van der Waals surface area contributed by atoms with Gasteiger partial charge in [-0.1, -0.05) is 29.3 Å². The van der Waals surface area contributed by atoms with Gasteiger partial charge in [-0.15, -0.1) is 0 Å². The fraction of sp³-hybridized carbons (Fsp3) is 1.00. The quantitative estimate of drug-likeness (QED) is 0.571. The fourth-order valence-electron chi connectivity index (χ4n) is 0.429. The van der Waals surface area contributed by atoms with Crippen LogP contribution in [0.1, 0.15) is 19.8 Å². The monoisotopic (exact) mass is 232 g/mol. The Morgan fingerprint density at radius 3 is 2.50 bits per heavy atom. The molecule has 1 unspecified atom stereocenters. The summed E-state index contributed by atoms with van der Waals surface area (Å²) in [5, 5.41) is -0.543. The van der Waals surface area contributed by atoms with E-state index in [0.717, 1.165) is 6.42 Å². The molecular weight excluding hydrogens is 223 g/mol. The third-order valence-corrected chi connectivity index (χ3v) is 2.23. The van der Waals surface area contributed by atoms with Crippen LogP contribution in [0.15, 0.2) is 0 Å². The van der Waals surface area contributed by atoms with E-state index in [1.807, 2.05) is 6.92 Å². The Kier molecular flexibility index (Phi) is 4.73. The summed E-state index contributed by atoms with van der Waals surface area (Å²) in [4.78, 5) is 16.5. The number of hydrogen-bond donors (Lipinski definition) is 2. The van der Waals surface area contributed by atoms with Gasteiger partial charge in [-0.3, -0.25) is 4.52 Å². The highest BCUT2D eigenvalue weighted by atomic mass is 79.9. The third kappa shape index (κ3) is 6.71. The Hall–Kier alpha value is 0.590. The van der Waals surface area contributed by atoms with Gasteiger partial charge in [0.15, 0.2) is 0 Å². The zero-order valence-corrected chi connectivity index (χ0v) is 8.01. The van der Waals surface area contributed by atoms with Crippen LogP contribution >= 0.6 is 23.8 Å². The number of hydrogen-bond acceptors (Lipinski definition) is 2. The SMILES string of the molecule is CCCC(Br)OP(=O)(O)O. The maximum Gasteiger partial charge on any atom is 0.470 e. The molecule has 0 fully saturated rings. The van der Waals surface area contributed by atoms with Gasteiger partial charge in [0.1, 0.15) is 5.01 Å². The highest BCUT2D eigenvalue weighted by Crippen LogP contribution is 2.39. The summed E-state index contributed by atoms with van der Waals surface area (Å²) in [5.74, 6) is 0. The van der Waals surface area contributed by atoms with E-state index in [0.29, 0.717) is 6.42 Å². The lowest BCUT2D eigenvalue weighted by molar-refractivity contribution is 0.180. The van der Waals surface area contributed by atoms with Gasteiger partial charge in [-0.2, -0.15) is 0 Å². The van der Waals surface area contributed by atoms with E-state index in [1.54, 1.807) is 0 Å². The molecule has 2 N–H and O–H groups in total. The standard InChI is InChI=1S/C4H10BrO4P/c1-2-3-4(5)9-10(6,7)8/h4H,2-3H2,1H3,(H2,6,7,8). The molecule has 1 atom stereocenters. The second-order valence-corrected chi connectivity index (χ2v) is 4.01. The molecule has 0 bridgehead atoms. The minimum absolute atomic E-state index is 0.543. The Labute approximate surface area is 68.0 Å². The van der Waals surface area contributed by atoms with Crippen molar-refractivity contribution >= 4 is 23.8 Å². The molecule has 4 nitrogen and oxygen atoms in total. The Balaban J connectivity index is 3.58. The lowest BCUT2D eigenvalue weighted by atomic mass is 10.4. The molecule has 0 saturated carbocycles. The minimum Gasteiger partial charge on any atom is -0.303 e. The van der Waals surface area contributed by atoms with Crippen molar-refractivity contribution in [3.05, 3.63) is 0 Å². The van der Waals surface area contributed by atoms with E-state index in [9.17, 15) is 4.57 Å². The van der Waals surface area contributed by atoms with Crippen LogP contribution in [0, 0.1) is 0 Å². The van der Waals surface area contributed by atoms with Crippen LogP contribution in [0.4, 0.5) is 0 Å². The summed E-state index contributed by atoms with van der Waals surface area (Å²) in [5.41, 5.74) is 0. The zero-order valence-electron chi connectivity index (χ0n) is 5.53. The molecule has 0 aromatic rings. The highest BCUT2D eigenvalue weighted by Gasteiger charge is 2.18. The van der Waals surface area contributed by atoms with Crippen LogP contribution in [0.5, 0.6) is 0 Å². The predicted molar refractivity (Wildman–Crippen MR) is 40.8 cm³/mol. The zero-order chi connectivity index (χ0) is 8.20. The van der Waals surface area contributed by atoms with Gasteiger partial charge < -0.3 is 9.79 Å². The van der Waals surface area contributed by atoms with Crippen LogP contribution in [0.25, 0.3) is 0 Å². The molecule has 0 rings (SSSR count). The lowest BCUT2D eigenvalue weighted by Gasteiger charge is -2.09. The van der Waals surface area contributed by atoms with Crippen molar-refractivity contribution < 1.29 is 18.9 Å². The number of phosphoric ester groups is 1. The van der Waals surface area contributed by atoms with Crippen molar-refractivity contribution in [2.75, 3.05) is 0 Å². The third-order valence-electron chi connectivity index (χ3n) is 0.767. The minimum atomic E-state index is -4.30. The smallest absolute Gasteiger partial charge is 0.303 e. The molecule has 0 radical (unpaired) electrons. The van der Waals surface area contributed by atoms with Crippen LogP contribution < -0.4 is 0 Å². The first-order valence-corrected chi connectivity index (χ1v) is 5.28. The van der Waals surface area contributed by atoms with Crippen LogP contribution in [0.2, 0.25) is 0 Å². The van der Waals surface area contributed by atoms with E-state index in [4.69, 9.17) is 9.79 Å². The first-order valence-electron chi connectivity index (χ1n) is 2.83. The van der Waals surface area contributed by atoms with Gasteiger partial charge >= 0.3 is 7.82 Å². The molecule has 0 aromatic heterocycles. The average Bonchev–Trinajstić information content (AvgIpc) is 1.59. The highest BCUT2D eigenvalue weighted by molar-refractivity contribution is 9.09. The first kappa shape index (κ1) is 10.6. The molecular formula is C4H10BrO4P. The van der Waals surface area contributed by atoms with Gasteiger partial charge in [0.25, 0.3) is 0 Å². The molecule has 62 valence electrons. The number of alkyl halides is 1. The van der Waals surface area contributed by atoms with Gasteiger partial charge in [0.05, 0.1) is 0 Å². The Morgan fingerprint density at radius 1 is 1.70 bits per heavy atom. The molecule has 0 aliphatic heterocycles. The summed E-state index contributed by atoms with van der Waals surface area (Å²) in [6.07, 6.45) is 1.40. The molecule has 0 aliphatic rings. The van der Waals surface area contributed by atoms with Crippen molar-refractivity contribution in [3.8, 4) is 0 Å². The number of rotatable bonds is 4. The topological polar surface area (TPSA) is 66.8 Å². The maximum absolute atomic E-state index is 10.2. The first-order chi connectivity index (χ1) is 4.45. The second-order valence-electron chi connectivity index (χ2n) is 1.79. The van der Waals surface area contributed by atoms with Crippen LogP contribution in [-0.4, -0.2) is 14.8 Å². The van der Waals surface area contributed by atoms with Crippen molar-refractivity contribution in [1.82, 2.24) is 0 Å². The summed E-state index contributed by atoms with van der Waals surface area (Å²) < 4.78 is 14.4. The Bertz CT molecular complexity index is 133. The summed E-state index contributed by atoms with van der Waals surface area (Å²) in [6, 6.07) is 0. The molecule has 0 amide bonds. The molecule has 0 aliphatic carbocycles. The molecule has 0 aromatic carbocycles. The Morgan fingerprint density at radius 2 is 2.20 bits per heavy atom. The summed E-state index contributed by atoms with van der Waals surface area (Å²) in [6.45, 7) is 1.90. The molecule has 10 heavy (non-hydrogen) atoms. The van der Waals surface area contributed by atoms with Crippen LogP contribution in [0.3, 0.4) is 0 Å². The van der Waals surface area contributed by atoms with E-state index in [1.165, 1.54) is 0 Å². The number of halogens is 1. The normalized spacial score (nSPS) is 15.2. The predicted octanol–water partition coefficient (Wildman–Crippen LogP) is 1.62. The molecule has 6 heteroatoms. The maximum atomic E-state index is 10.2. The van der Waals surface area contributed by atoms with E-state index in [-0.39, 0.29) is 0 Å². The largest absolute Gasteiger partial charge is 0.470 e. The molecule has 0 saturated heterocycles. The van der Waals surface area contributed by atoms with Crippen molar-refractivity contribution in [1.29, 1.82) is 0 Å². The van der Waals surface area contributed by atoms with Crippen molar-refractivity contribution in [3.63, 3.8) is 0 Å². The number of phosphoric acid groups is 1. The lowest BCUT2D eigenvalue weighted by Crippen LogP contribution is -2.00. The van der Waals surface area contributed by atoms with E-state index in [2.05, 4.69) is 20.5 Å². The molecule has 0 heterocycles. The van der Waals surface area contributed by atoms with Gasteiger partial charge in [-0.05, 0) is 6.42 Å². The average molecular weight is 233 g/mol. The second kappa shape index (κ2) is 4.46. The van der Waals surface area contributed by atoms with Gasteiger partial charge in [0, 0.05) is 0 Å². The van der Waals surface area contributed by atoms with Crippen LogP contribution in [-0.2, 0) is 9.09 Å². The molecule has 0 spiro atoms. The van der Waals surface area contributed by atoms with Crippen molar-refractivity contribution in [2.45, 2.75) is 24.8 Å².